The summed E-state index contributed by atoms with van der Waals surface area (Å²) in [5, 5.41) is 2.12. The van der Waals surface area contributed by atoms with Crippen LogP contribution in [0.15, 0.2) is 24.3 Å². The van der Waals surface area contributed by atoms with Crippen molar-refractivity contribution >= 4 is 5.91 Å². The first-order chi connectivity index (χ1) is 7.63. The van der Waals surface area contributed by atoms with Crippen molar-refractivity contribution in [3.8, 4) is 5.75 Å². The SMILES string of the molecule is CCOc1cccc(CNC(=O)C(F)F)c1. The van der Waals surface area contributed by atoms with E-state index in [4.69, 9.17) is 4.74 Å². The molecule has 0 aliphatic carbocycles. The molecule has 1 aromatic carbocycles. The number of hydrogen-bond donors (Lipinski definition) is 1. The minimum absolute atomic E-state index is 0.0735. The Hall–Kier alpha value is -1.65. The van der Waals surface area contributed by atoms with Crippen molar-refractivity contribution in [2.75, 3.05) is 6.61 Å². The molecule has 0 heterocycles. The first-order valence-electron chi connectivity index (χ1n) is 4.91. The zero-order valence-corrected chi connectivity index (χ0v) is 8.87. The van der Waals surface area contributed by atoms with Gasteiger partial charge in [-0.05, 0) is 24.6 Å². The summed E-state index contributed by atoms with van der Waals surface area (Å²) in [6.07, 6.45) is -2.98. The van der Waals surface area contributed by atoms with Crippen molar-refractivity contribution in [1.82, 2.24) is 5.32 Å². The van der Waals surface area contributed by atoms with Crippen LogP contribution in [-0.4, -0.2) is 18.9 Å². The molecule has 0 unspecified atom stereocenters. The van der Waals surface area contributed by atoms with Crippen molar-refractivity contribution in [3.05, 3.63) is 29.8 Å². The van der Waals surface area contributed by atoms with Crippen LogP contribution in [0.1, 0.15) is 12.5 Å². The molecule has 0 fully saturated rings. The average Bonchev–Trinajstić information content (AvgIpc) is 2.26. The average molecular weight is 229 g/mol. The molecule has 0 saturated heterocycles. The highest BCUT2D eigenvalue weighted by Crippen LogP contribution is 2.13. The fraction of sp³-hybridized carbons (Fsp3) is 0.364. The molecule has 88 valence electrons. The molecule has 1 amide bonds. The molecule has 1 aromatic rings. The Labute approximate surface area is 92.4 Å². The molecule has 16 heavy (non-hydrogen) atoms. The Kier molecular flexibility index (Phi) is 4.69. The molecule has 1 rings (SSSR count). The van der Waals surface area contributed by atoms with E-state index in [2.05, 4.69) is 5.32 Å². The zero-order chi connectivity index (χ0) is 12.0. The molecule has 0 atom stereocenters. The number of alkyl halides is 2. The van der Waals surface area contributed by atoms with Crippen LogP contribution in [-0.2, 0) is 11.3 Å². The molecule has 5 heteroatoms. The summed E-state index contributed by atoms with van der Waals surface area (Å²) in [5.74, 6) is -0.604. The summed E-state index contributed by atoms with van der Waals surface area (Å²) in [4.78, 5) is 10.6. The molecule has 0 aliphatic heterocycles. The van der Waals surface area contributed by atoms with Gasteiger partial charge in [-0.1, -0.05) is 12.1 Å². The van der Waals surface area contributed by atoms with E-state index in [-0.39, 0.29) is 6.54 Å². The number of amides is 1. The number of ether oxygens (including phenoxy) is 1. The van der Waals surface area contributed by atoms with Gasteiger partial charge < -0.3 is 10.1 Å². The predicted octanol–water partition coefficient (Wildman–Crippen LogP) is 1.97. The van der Waals surface area contributed by atoms with E-state index in [0.717, 1.165) is 5.56 Å². The van der Waals surface area contributed by atoms with E-state index in [1.165, 1.54) is 0 Å². The van der Waals surface area contributed by atoms with Gasteiger partial charge in [0.15, 0.2) is 0 Å². The van der Waals surface area contributed by atoms with Gasteiger partial charge in [-0.2, -0.15) is 8.78 Å². The predicted molar refractivity (Wildman–Crippen MR) is 55.5 cm³/mol. The van der Waals surface area contributed by atoms with Gasteiger partial charge in [-0.15, -0.1) is 0 Å². The Balaban J connectivity index is 2.53. The standard InChI is InChI=1S/C11H13F2NO2/c1-2-16-9-5-3-4-8(6-9)7-14-11(15)10(12)13/h3-6,10H,2,7H2,1H3,(H,14,15). The van der Waals surface area contributed by atoms with Gasteiger partial charge in [0.25, 0.3) is 5.91 Å². The van der Waals surface area contributed by atoms with Gasteiger partial charge in [-0.3, -0.25) is 4.79 Å². The van der Waals surface area contributed by atoms with Crippen LogP contribution >= 0.6 is 0 Å². The number of nitrogens with one attached hydrogen (secondary N) is 1. The third kappa shape index (κ3) is 3.84. The number of carbonyl (C=O) groups excluding carboxylic acids is 1. The van der Waals surface area contributed by atoms with Crippen molar-refractivity contribution < 1.29 is 18.3 Å². The van der Waals surface area contributed by atoms with Crippen LogP contribution in [0.2, 0.25) is 0 Å². The fourth-order valence-corrected chi connectivity index (χ4v) is 1.18. The first-order valence-corrected chi connectivity index (χ1v) is 4.91. The van der Waals surface area contributed by atoms with Gasteiger partial charge >= 0.3 is 6.43 Å². The summed E-state index contributed by atoms with van der Waals surface area (Å²) in [6, 6.07) is 6.94. The summed E-state index contributed by atoms with van der Waals surface area (Å²) in [6.45, 7) is 2.46. The summed E-state index contributed by atoms with van der Waals surface area (Å²) in [7, 11) is 0. The summed E-state index contributed by atoms with van der Waals surface area (Å²) in [5.41, 5.74) is 0.722. The monoisotopic (exact) mass is 229 g/mol. The molecule has 0 saturated carbocycles. The molecule has 1 N–H and O–H groups in total. The molecule has 3 nitrogen and oxygen atoms in total. The normalized spacial score (nSPS) is 10.2. The highest BCUT2D eigenvalue weighted by Gasteiger charge is 2.13. The molecule has 0 bridgehead atoms. The van der Waals surface area contributed by atoms with E-state index in [1.807, 2.05) is 6.92 Å². The fourth-order valence-electron chi connectivity index (χ4n) is 1.18. The summed E-state index contributed by atoms with van der Waals surface area (Å²) < 4.78 is 29.0. The van der Waals surface area contributed by atoms with E-state index in [9.17, 15) is 13.6 Å². The highest BCUT2D eigenvalue weighted by molar-refractivity contribution is 5.79. The minimum atomic E-state index is -2.98. The number of halogens is 2. The van der Waals surface area contributed by atoms with Gasteiger partial charge in [0, 0.05) is 6.54 Å². The molecule has 0 aliphatic rings. The van der Waals surface area contributed by atoms with Gasteiger partial charge in [-0.25, -0.2) is 0 Å². The highest BCUT2D eigenvalue weighted by atomic mass is 19.3. The third-order valence-electron chi connectivity index (χ3n) is 1.87. The van der Waals surface area contributed by atoms with Gasteiger partial charge in [0.2, 0.25) is 0 Å². The van der Waals surface area contributed by atoms with Gasteiger partial charge in [0.05, 0.1) is 6.61 Å². The third-order valence-corrected chi connectivity index (χ3v) is 1.87. The Morgan fingerprint density at radius 3 is 2.88 bits per heavy atom. The van der Waals surface area contributed by atoms with E-state index in [0.29, 0.717) is 12.4 Å². The largest absolute Gasteiger partial charge is 0.494 e. The van der Waals surface area contributed by atoms with Crippen LogP contribution in [0.3, 0.4) is 0 Å². The Bertz CT molecular complexity index is 356. The van der Waals surface area contributed by atoms with Crippen molar-refractivity contribution in [1.29, 1.82) is 0 Å². The lowest BCUT2D eigenvalue weighted by molar-refractivity contribution is -0.131. The minimum Gasteiger partial charge on any atom is -0.494 e. The van der Waals surface area contributed by atoms with Gasteiger partial charge in [0.1, 0.15) is 5.75 Å². The number of carbonyl (C=O) groups is 1. The Morgan fingerprint density at radius 2 is 2.25 bits per heavy atom. The number of benzene rings is 1. The topological polar surface area (TPSA) is 38.3 Å². The van der Waals surface area contributed by atoms with Crippen molar-refractivity contribution in [2.24, 2.45) is 0 Å². The second-order valence-corrected chi connectivity index (χ2v) is 3.10. The second kappa shape index (κ2) is 6.05. The van der Waals surface area contributed by atoms with E-state index < -0.39 is 12.3 Å². The Morgan fingerprint density at radius 1 is 1.50 bits per heavy atom. The smallest absolute Gasteiger partial charge is 0.315 e. The van der Waals surface area contributed by atoms with E-state index >= 15 is 0 Å². The molecular weight excluding hydrogens is 216 g/mol. The lowest BCUT2D eigenvalue weighted by Gasteiger charge is -2.07. The second-order valence-electron chi connectivity index (χ2n) is 3.10. The molecule has 0 spiro atoms. The molecular formula is C11H13F2NO2. The van der Waals surface area contributed by atoms with Crippen LogP contribution in [0.4, 0.5) is 8.78 Å². The maximum Gasteiger partial charge on any atom is 0.315 e. The van der Waals surface area contributed by atoms with Crippen LogP contribution < -0.4 is 10.1 Å². The quantitative estimate of drug-likeness (QED) is 0.838. The zero-order valence-electron chi connectivity index (χ0n) is 8.87. The van der Waals surface area contributed by atoms with Crippen LogP contribution in [0.5, 0.6) is 5.75 Å². The van der Waals surface area contributed by atoms with E-state index in [1.54, 1.807) is 24.3 Å². The molecule has 0 aromatic heterocycles. The number of rotatable bonds is 5. The summed E-state index contributed by atoms with van der Waals surface area (Å²) >= 11 is 0. The first kappa shape index (κ1) is 12.4. The van der Waals surface area contributed by atoms with Crippen molar-refractivity contribution in [3.63, 3.8) is 0 Å². The maximum atomic E-state index is 11.9. The maximum absolute atomic E-state index is 11.9. The molecule has 0 radical (unpaired) electrons. The lowest BCUT2D eigenvalue weighted by atomic mass is 10.2. The van der Waals surface area contributed by atoms with Crippen LogP contribution in [0, 0.1) is 0 Å². The van der Waals surface area contributed by atoms with Crippen LogP contribution in [0.25, 0.3) is 0 Å². The number of hydrogen-bond acceptors (Lipinski definition) is 2. The van der Waals surface area contributed by atoms with Crippen molar-refractivity contribution in [2.45, 2.75) is 19.9 Å². The lowest BCUT2D eigenvalue weighted by Crippen LogP contribution is -2.28.